The molecule has 350 valence electrons. The molecule has 68 heavy (non-hydrogen) atoms. The van der Waals surface area contributed by atoms with Crippen molar-refractivity contribution in [1.82, 2.24) is 0 Å². The second-order valence-corrected chi connectivity index (χ2v) is 26.9. The van der Waals surface area contributed by atoms with Crippen molar-refractivity contribution in [3.05, 3.63) is 154 Å². The fraction of sp³-hybridized carbons (Fsp3) is 0.412. The van der Waals surface area contributed by atoms with Gasteiger partial charge in [-0.05, 0) is 192 Å². The third-order valence-corrected chi connectivity index (χ3v) is 16.5. The quantitative estimate of drug-likeness (QED) is 0.146. The topological polar surface area (TPSA) is 0 Å². The van der Waals surface area contributed by atoms with Crippen LogP contribution >= 0.6 is 0 Å². The van der Waals surface area contributed by atoms with Gasteiger partial charge >= 0.3 is 0 Å². The lowest BCUT2D eigenvalue weighted by Gasteiger charge is -2.35. The lowest BCUT2D eigenvalue weighted by Crippen LogP contribution is -2.25. The first-order valence-corrected chi connectivity index (χ1v) is 26.0. The third-order valence-electron chi connectivity index (χ3n) is 16.5. The van der Waals surface area contributed by atoms with E-state index < -0.39 is 0 Å². The molecule has 0 amide bonds. The Labute approximate surface area is 410 Å². The normalized spacial score (nSPS) is 18.4. The highest BCUT2D eigenvalue weighted by molar-refractivity contribution is 6.33. The summed E-state index contributed by atoms with van der Waals surface area (Å²) in [5, 5.41) is 8.70. The van der Waals surface area contributed by atoms with Gasteiger partial charge in [-0.2, -0.15) is 0 Å². The summed E-state index contributed by atoms with van der Waals surface area (Å²) in [6.07, 6.45) is 2.15. The molecule has 2 aliphatic carbocycles. The largest absolute Gasteiger partial charge is 0.0627 e. The van der Waals surface area contributed by atoms with E-state index in [1.165, 1.54) is 121 Å². The van der Waals surface area contributed by atoms with Crippen molar-refractivity contribution in [2.24, 2.45) is 11.8 Å². The molecule has 10 rings (SSSR count). The first-order chi connectivity index (χ1) is 31.6. The standard InChI is InChI=1S/C68H78/c1-39(2)37-67(17)55-31-43(41-19-25-45(26-20-41)63(5,6)7)23-29-49(55)59-51-33-48(66(14,15)16)36-54-58(51)57-52(34-47(65(11,12)13)35-53(57)61(59)67)60-50-30-24-44(42-21-27-46(28-22-42)64(8,9)10)32-56(50)68(18,62(54)60)38-40(3)4/h19-36,39-40H,37-38H2,1-18H3. The molecule has 0 spiro atoms. The van der Waals surface area contributed by atoms with E-state index in [-0.39, 0.29) is 32.5 Å². The van der Waals surface area contributed by atoms with Gasteiger partial charge in [0.15, 0.2) is 0 Å². The molecule has 0 nitrogen and oxygen atoms in total. The molecule has 0 bridgehead atoms. The Morgan fingerprint density at radius 2 is 0.647 bits per heavy atom. The monoisotopic (exact) mass is 895 g/mol. The minimum Gasteiger partial charge on any atom is -0.0627 e. The van der Waals surface area contributed by atoms with Crippen molar-refractivity contribution >= 4 is 32.3 Å². The van der Waals surface area contributed by atoms with Crippen molar-refractivity contribution in [2.75, 3.05) is 0 Å². The predicted molar refractivity (Wildman–Crippen MR) is 299 cm³/mol. The fourth-order valence-corrected chi connectivity index (χ4v) is 13.2. The Hall–Kier alpha value is -5.20. The van der Waals surface area contributed by atoms with Crippen LogP contribution in [0.25, 0.3) is 76.8 Å². The van der Waals surface area contributed by atoms with Gasteiger partial charge in [-0.25, -0.2) is 0 Å². The van der Waals surface area contributed by atoms with Crippen LogP contribution < -0.4 is 0 Å². The molecular weight excluding hydrogens is 817 g/mol. The van der Waals surface area contributed by atoms with Gasteiger partial charge in [0, 0.05) is 10.8 Å². The fourth-order valence-electron chi connectivity index (χ4n) is 13.2. The average molecular weight is 895 g/mol. The van der Waals surface area contributed by atoms with Crippen molar-refractivity contribution in [1.29, 1.82) is 0 Å². The smallest absolute Gasteiger partial charge is 0.0196 e. The Kier molecular flexibility index (Phi) is 10.4. The van der Waals surface area contributed by atoms with Gasteiger partial charge in [0.05, 0.1) is 0 Å². The van der Waals surface area contributed by atoms with E-state index in [1.54, 1.807) is 0 Å². The number of hydrogen-bond donors (Lipinski definition) is 0. The molecule has 0 radical (unpaired) electrons. The van der Waals surface area contributed by atoms with Crippen LogP contribution in [0.2, 0.25) is 0 Å². The van der Waals surface area contributed by atoms with Gasteiger partial charge in [-0.1, -0.05) is 210 Å². The minimum absolute atomic E-state index is 0.0539. The van der Waals surface area contributed by atoms with E-state index in [4.69, 9.17) is 0 Å². The summed E-state index contributed by atoms with van der Waals surface area (Å²) in [5.74, 6) is 1.00. The molecule has 0 saturated heterocycles. The molecule has 0 fully saturated rings. The summed E-state index contributed by atoms with van der Waals surface area (Å²) in [6, 6.07) is 44.4. The summed E-state index contributed by atoms with van der Waals surface area (Å²) in [4.78, 5) is 0. The van der Waals surface area contributed by atoms with Crippen LogP contribution in [0, 0.1) is 11.8 Å². The maximum absolute atomic E-state index is 2.65. The number of hydrogen-bond acceptors (Lipinski definition) is 0. The lowest BCUT2D eigenvalue weighted by molar-refractivity contribution is 0.437. The molecule has 8 aromatic carbocycles. The van der Waals surface area contributed by atoms with Gasteiger partial charge in [0.1, 0.15) is 0 Å². The molecule has 2 atom stereocenters. The van der Waals surface area contributed by atoms with E-state index >= 15 is 0 Å². The van der Waals surface area contributed by atoms with Crippen LogP contribution in [0.1, 0.15) is 182 Å². The van der Waals surface area contributed by atoms with Gasteiger partial charge in [-0.15, -0.1) is 0 Å². The molecule has 2 aliphatic rings. The second kappa shape index (κ2) is 15.1. The molecule has 0 heterocycles. The molecule has 8 aromatic rings. The summed E-state index contributed by atoms with van der Waals surface area (Å²) in [5.41, 5.74) is 22.3. The molecular formula is C68H78. The number of rotatable bonds is 6. The molecule has 2 unspecified atom stereocenters. The number of fused-ring (bicyclic) bond motifs is 10. The summed E-state index contributed by atoms with van der Waals surface area (Å²) >= 11 is 0. The van der Waals surface area contributed by atoms with Gasteiger partial charge in [-0.3, -0.25) is 0 Å². The molecule has 0 N–H and O–H groups in total. The molecule has 0 aliphatic heterocycles. The highest BCUT2D eigenvalue weighted by Gasteiger charge is 2.47. The maximum atomic E-state index is 2.65. The van der Waals surface area contributed by atoms with Crippen LogP contribution in [0.4, 0.5) is 0 Å². The third kappa shape index (κ3) is 7.12. The summed E-state index contributed by atoms with van der Waals surface area (Å²) in [6.45, 7) is 43.3. The zero-order chi connectivity index (χ0) is 49.0. The van der Waals surface area contributed by atoms with Crippen LogP contribution in [-0.4, -0.2) is 0 Å². The van der Waals surface area contributed by atoms with Crippen LogP contribution in [0.3, 0.4) is 0 Å². The second-order valence-electron chi connectivity index (χ2n) is 26.9. The molecule has 0 heteroatoms. The average Bonchev–Trinajstić information content (AvgIpc) is 3.65. The van der Waals surface area contributed by atoms with Crippen molar-refractivity contribution in [3.8, 4) is 44.5 Å². The minimum atomic E-state index is -0.202. The van der Waals surface area contributed by atoms with E-state index in [0.717, 1.165) is 12.8 Å². The molecule has 0 aromatic heterocycles. The van der Waals surface area contributed by atoms with Crippen molar-refractivity contribution < 1.29 is 0 Å². The first kappa shape index (κ1) is 46.5. The van der Waals surface area contributed by atoms with E-state index in [9.17, 15) is 0 Å². The van der Waals surface area contributed by atoms with Crippen LogP contribution in [-0.2, 0) is 32.5 Å². The lowest BCUT2D eigenvalue weighted by atomic mass is 9.68. The molecule has 0 saturated carbocycles. The summed E-state index contributed by atoms with van der Waals surface area (Å²) in [7, 11) is 0. The van der Waals surface area contributed by atoms with Gasteiger partial charge in [0.2, 0.25) is 0 Å². The first-order valence-electron chi connectivity index (χ1n) is 26.0. The Bertz CT molecular complexity index is 3080. The highest BCUT2D eigenvalue weighted by atomic mass is 14.5. The Morgan fingerprint density at radius 1 is 0.353 bits per heavy atom. The van der Waals surface area contributed by atoms with E-state index in [2.05, 4.69) is 234 Å². The number of benzene rings is 8. The zero-order valence-electron chi connectivity index (χ0n) is 45.0. The van der Waals surface area contributed by atoms with Crippen molar-refractivity contribution in [2.45, 2.75) is 170 Å². The van der Waals surface area contributed by atoms with E-state index in [1.807, 2.05) is 0 Å². The van der Waals surface area contributed by atoms with Gasteiger partial charge < -0.3 is 0 Å². The Morgan fingerprint density at radius 3 is 0.941 bits per heavy atom. The predicted octanol–water partition coefficient (Wildman–Crippen LogP) is 19.8. The Balaban J connectivity index is 1.35. The van der Waals surface area contributed by atoms with Crippen molar-refractivity contribution in [3.63, 3.8) is 0 Å². The van der Waals surface area contributed by atoms with Crippen LogP contribution in [0.5, 0.6) is 0 Å². The van der Waals surface area contributed by atoms with Crippen LogP contribution in [0.15, 0.2) is 109 Å². The SMILES string of the molecule is CC(C)CC1(C)c2cc(-c3ccc(C(C)(C)C)cc3)ccc2-c2c1c1cc(C(C)(C)C)cc3c4c(c5cc(C(C)(C)C)cc2c5c31)C(C)(CC(C)C)c1cc(-c2ccc(C(C)(C)C)cc2)ccc1-4. The van der Waals surface area contributed by atoms with Gasteiger partial charge in [0.25, 0.3) is 0 Å². The van der Waals surface area contributed by atoms with E-state index in [0.29, 0.717) is 11.8 Å². The maximum Gasteiger partial charge on any atom is 0.0196 e. The summed E-state index contributed by atoms with van der Waals surface area (Å²) < 4.78 is 0. The zero-order valence-corrected chi connectivity index (χ0v) is 45.0. The highest BCUT2D eigenvalue weighted by Crippen LogP contribution is 2.64.